The van der Waals surface area contributed by atoms with Crippen LogP contribution in [0.3, 0.4) is 0 Å². The lowest BCUT2D eigenvalue weighted by Crippen LogP contribution is -1.88. The fraction of sp³-hybridized carbons (Fsp3) is 0. The molecule has 2 aromatic heterocycles. The lowest BCUT2D eigenvalue weighted by Gasteiger charge is -2.01. The maximum atomic E-state index is 10.8. The molecule has 2 rings (SSSR count). The summed E-state index contributed by atoms with van der Waals surface area (Å²) in [7, 11) is 0. The predicted molar refractivity (Wildman–Crippen MR) is 58.0 cm³/mol. The van der Waals surface area contributed by atoms with Gasteiger partial charge < -0.3 is 0 Å². The first-order chi connectivity index (χ1) is 7.40. The lowest BCUT2D eigenvalue weighted by atomic mass is 10.3. The van der Waals surface area contributed by atoms with Crippen LogP contribution in [0.4, 0.5) is 0 Å². The minimum atomic E-state index is 0.610. The number of hydrogen-bond acceptors (Lipinski definition) is 4. The summed E-state index contributed by atoms with van der Waals surface area (Å²) in [5.74, 6) is 0. The van der Waals surface area contributed by atoms with Gasteiger partial charge in [-0.3, -0.25) is 9.78 Å². The molecule has 0 unspecified atom stereocenters. The second-order valence-corrected chi connectivity index (χ2v) is 3.86. The molecule has 4 heteroatoms. The van der Waals surface area contributed by atoms with Crippen LogP contribution in [-0.2, 0) is 0 Å². The van der Waals surface area contributed by atoms with E-state index in [0.717, 1.165) is 16.2 Å². The highest BCUT2D eigenvalue weighted by Gasteiger charge is 2.03. The molecule has 2 heterocycles. The first-order valence-corrected chi connectivity index (χ1v) is 5.20. The fourth-order valence-corrected chi connectivity index (χ4v) is 1.92. The normalized spacial score (nSPS) is 9.87. The molecule has 0 aliphatic heterocycles. The monoisotopic (exact) mass is 216 g/mol. The Labute approximate surface area is 91.6 Å². The van der Waals surface area contributed by atoms with Gasteiger partial charge in [0.05, 0.1) is 0 Å². The second-order valence-electron chi connectivity index (χ2n) is 2.80. The van der Waals surface area contributed by atoms with Gasteiger partial charge in [-0.1, -0.05) is 11.8 Å². The second kappa shape index (κ2) is 4.70. The molecule has 0 amide bonds. The van der Waals surface area contributed by atoms with Crippen LogP contribution in [-0.4, -0.2) is 16.3 Å². The van der Waals surface area contributed by atoms with Crippen molar-refractivity contribution in [2.24, 2.45) is 0 Å². The zero-order valence-corrected chi connectivity index (χ0v) is 8.65. The van der Waals surface area contributed by atoms with E-state index in [1.807, 2.05) is 12.1 Å². The SMILES string of the molecule is O=Cc1cccnc1Sc1ccncc1. The minimum absolute atomic E-state index is 0.610. The first kappa shape index (κ1) is 9.86. The molecular weight excluding hydrogens is 208 g/mol. The minimum Gasteiger partial charge on any atom is -0.298 e. The van der Waals surface area contributed by atoms with Crippen molar-refractivity contribution >= 4 is 18.0 Å². The maximum Gasteiger partial charge on any atom is 0.152 e. The molecule has 0 aromatic carbocycles. The number of carbonyl (C=O) groups is 1. The third-order valence-electron chi connectivity index (χ3n) is 1.79. The van der Waals surface area contributed by atoms with Crippen LogP contribution in [0.15, 0.2) is 52.8 Å². The van der Waals surface area contributed by atoms with Crippen LogP contribution in [0.25, 0.3) is 0 Å². The van der Waals surface area contributed by atoms with Gasteiger partial charge in [0.2, 0.25) is 0 Å². The summed E-state index contributed by atoms with van der Waals surface area (Å²) in [6, 6.07) is 7.27. The number of nitrogens with zero attached hydrogens (tertiary/aromatic N) is 2. The number of hydrogen-bond donors (Lipinski definition) is 0. The highest BCUT2D eigenvalue weighted by molar-refractivity contribution is 7.99. The molecule has 0 atom stereocenters. The molecule has 15 heavy (non-hydrogen) atoms. The molecule has 0 saturated heterocycles. The van der Waals surface area contributed by atoms with Crippen LogP contribution in [0, 0.1) is 0 Å². The highest BCUT2D eigenvalue weighted by Crippen LogP contribution is 2.26. The van der Waals surface area contributed by atoms with Crippen LogP contribution in [0.1, 0.15) is 10.4 Å². The van der Waals surface area contributed by atoms with E-state index in [2.05, 4.69) is 9.97 Å². The maximum absolute atomic E-state index is 10.8. The average Bonchev–Trinajstić information content (AvgIpc) is 2.31. The Morgan fingerprint density at radius 1 is 1.13 bits per heavy atom. The molecule has 0 fully saturated rings. The summed E-state index contributed by atoms with van der Waals surface area (Å²) in [5, 5.41) is 0.721. The molecule has 2 aromatic rings. The van der Waals surface area contributed by atoms with Crippen molar-refractivity contribution in [2.75, 3.05) is 0 Å². The first-order valence-electron chi connectivity index (χ1n) is 4.38. The molecule has 0 N–H and O–H groups in total. The summed E-state index contributed by atoms with van der Waals surface area (Å²) in [4.78, 5) is 19.9. The Kier molecular flexibility index (Phi) is 3.09. The Balaban J connectivity index is 2.28. The van der Waals surface area contributed by atoms with E-state index in [1.165, 1.54) is 11.8 Å². The Bertz CT molecular complexity index is 459. The fourth-order valence-electron chi connectivity index (χ4n) is 1.10. The van der Waals surface area contributed by atoms with E-state index in [-0.39, 0.29) is 0 Å². The number of pyridine rings is 2. The summed E-state index contributed by atoms with van der Waals surface area (Å²) in [6.07, 6.45) is 5.92. The van der Waals surface area contributed by atoms with Crippen molar-refractivity contribution in [3.8, 4) is 0 Å². The van der Waals surface area contributed by atoms with E-state index in [4.69, 9.17) is 0 Å². The van der Waals surface area contributed by atoms with Gasteiger partial charge >= 0.3 is 0 Å². The number of aldehydes is 1. The number of rotatable bonds is 3. The topological polar surface area (TPSA) is 42.9 Å². The van der Waals surface area contributed by atoms with Gasteiger partial charge in [0.15, 0.2) is 6.29 Å². The predicted octanol–water partition coefficient (Wildman–Crippen LogP) is 2.44. The van der Waals surface area contributed by atoms with E-state index in [1.54, 1.807) is 30.7 Å². The van der Waals surface area contributed by atoms with Gasteiger partial charge in [0.1, 0.15) is 5.03 Å². The van der Waals surface area contributed by atoms with Crippen LogP contribution < -0.4 is 0 Å². The van der Waals surface area contributed by atoms with Crippen molar-refractivity contribution in [1.29, 1.82) is 0 Å². The van der Waals surface area contributed by atoms with E-state index in [9.17, 15) is 4.79 Å². The van der Waals surface area contributed by atoms with Crippen LogP contribution in [0.2, 0.25) is 0 Å². The van der Waals surface area contributed by atoms with Gasteiger partial charge in [-0.2, -0.15) is 0 Å². The van der Waals surface area contributed by atoms with E-state index >= 15 is 0 Å². The third-order valence-corrected chi connectivity index (χ3v) is 2.83. The third kappa shape index (κ3) is 2.41. The van der Waals surface area contributed by atoms with Crippen molar-refractivity contribution in [3.05, 3.63) is 48.4 Å². The van der Waals surface area contributed by atoms with Crippen molar-refractivity contribution in [2.45, 2.75) is 9.92 Å². The van der Waals surface area contributed by atoms with Gasteiger partial charge in [0.25, 0.3) is 0 Å². The molecule has 74 valence electrons. The standard InChI is InChI=1S/C11H8N2OS/c14-8-9-2-1-5-13-11(9)15-10-3-6-12-7-4-10/h1-8H. The molecule has 0 bridgehead atoms. The Morgan fingerprint density at radius 2 is 1.93 bits per heavy atom. The zero-order valence-electron chi connectivity index (χ0n) is 7.83. The summed E-state index contributed by atoms with van der Waals surface area (Å²) < 4.78 is 0. The Morgan fingerprint density at radius 3 is 2.67 bits per heavy atom. The van der Waals surface area contributed by atoms with Crippen molar-refractivity contribution < 1.29 is 4.79 Å². The zero-order chi connectivity index (χ0) is 10.5. The quantitative estimate of drug-likeness (QED) is 0.739. The van der Waals surface area contributed by atoms with Crippen LogP contribution in [0.5, 0.6) is 0 Å². The summed E-state index contributed by atoms with van der Waals surface area (Å²) in [6.45, 7) is 0. The molecule has 0 radical (unpaired) electrons. The molecule has 0 aliphatic carbocycles. The van der Waals surface area contributed by atoms with E-state index < -0.39 is 0 Å². The van der Waals surface area contributed by atoms with Gasteiger partial charge in [-0.05, 0) is 24.3 Å². The van der Waals surface area contributed by atoms with Crippen molar-refractivity contribution in [1.82, 2.24) is 9.97 Å². The molecule has 0 aliphatic rings. The highest BCUT2D eigenvalue weighted by atomic mass is 32.2. The number of aromatic nitrogens is 2. The van der Waals surface area contributed by atoms with Gasteiger partial charge in [-0.15, -0.1) is 0 Å². The smallest absolute Gasteiger partial charge is 0.152 e. The molecule has 3 nitrogen and oxygen atoms in total. The van der Waals surface area contributed by atoms with Crippen LogP contribution >= 0.6 is 11.8 Å². The number of carbonyl (C=O) groups excluding carboxylic acids is 1. The lowest BCUT2D eigenvalue weighted by molar-refractivity contribution is 0.112. The summed E-state index contributed by atoms with van der Waals surface area (Å²) in [5.41, 5.74) is 0.610. The van der Waals surface area contributed by atoms with Gasteiger partial charge in [0, 0.05) is 29.0 Å². The molecular formula is C11H8N2OS. The molecule has 0 saturated carbocycles. The average molecular weight is 216 g/mol. The van der Waals surface area contributed by atoms with Gasteiger partial charge in [-0.25, -0.2) is 4.98 Å². The Hall–Kier alpha value is -1.68. The largest absolute Gasteiger partial charge is 0.298 e. The van der Waals surface area contributed by atoms with Crippen molar-refractivity contribution in [3.63, 3.8) is 0 Å². The summed E-state index contributed by atoms with van der Waals surface area (Å²) >= 11 is 1.46. The molecule has 0 spiro atoms. The van der Waals surface area contributed by atoms with E-state index in [0.29, 0.717) is 5.56 Å².